The summed E-state index contributed by atoms with van der Waals surface area (Å²) in [6.45, 7) is 1.62. The summed E-state index contributed by atoms with van der Waals surface area (Å²) in [5, 5.41) is 10.7. The molecule has 19 heavy (non-hydrogen) atoms. The van der Waals surface area contributed by atoms with Gasteiger partial charge in [-0.25, -0.2) is 4.79 Å². The average molecular weight is 263 g/mol. The molecule has 1 saturated carbocycles. The third-order valence-corrected chi connectivity index (χ3v) is 3.46. The van der Waals surface area contributed by atoms with Gasteiger partial charge in [-0.1, -0.05) is 6.42 Å². The Morgan fingerprint density at radius 3 is 2.58 bits per heavy atom. The van der Waals surface area contributed by atoms with Crippen LogP contribution in [-0.4, -0.2) is 17.0 Å². The maximum Gasteiger partial charge on any atom is 0.338 e. The number of benzene rings is 1. The van der Waals surface area contributed by atoms with E-state index in [0.717, 1.165) is 25.7 Å². The molecule has 1 aliphatic carbocycles. The van der Waals surface area contributed by atoms with E-state index in [9.17, 15) is 14.9 Å². The van der Waals surface area contributed by atoms with Gasteiger partial charge in [0.05, 0.1) is 10.5 Å². The Morgan fingerprint density at radius 1 is 1.32 bits per heavy atom. The highest BCUT2D eigenvalue weighted by molar-refractivity contribution is 5.90. The standard InChI is InChI=1S/C14H17NO4/c1-10-9-11(7-8-13(10)15(17)18)14(16)19-12-5-3-2-4-6-12/h7-9,12H,2-6H2,1H3. The SMILES string of the molecule is Cc1cc(C(=O)OC2CCCCC2)ccc1[N+](=O)[O-]. The minimum atomic E-state index is -0.453. The molecule has 0 N–H and O–H groups in total. The zero-order chi connectivity index (χ0) is 13.8. The summed E-state index contributed by atoms with van der Waals surface area (Å²) in [6.07, 6.45) is 5.21. The van der Waals surface area contributed by atoms with E-state index in [1.807, 2.05) is 0 Å². The molecule has 0 bridgehead atoms. The predicted molar refractivity (Wildman–Crippen MR) is 70.1 cm³/mol. The zero-order valence-electron chi connectivity index (χ0n) is 10.9. The van der Waals surface area contributed by atoms with Crippen LogP contribution in [0.4, 0.5) is 5.69 Å². The third-order valence-electron chi connectivity index (χ3n) is 3.46. The highest BCUT2D eigenvalue weighted by atomic mass is 16.6. The van der Waals surface area contributed by atoms with Crippen molar-refractivity contribution in [2.75, 3.05) is 0 Å². The van der Waals surface area contributed by atoms with Crippen LogP contribution in [0, 0.1) is 17.0 Å². The number of rotatable bonds is 3. The van der Waals surface area contributed by atoms with Crippen LogP contribution < -0.4 is 0 Å². The van der Waals surface area contributed by atoms with Gasteiger partial charge in [0, 0.05) is 11.6 Å². The highest BCUT2D eigenvalue weighted by Gasteiger charge is 2.20. The number of nitrogens with zero attached hydrogens (tertiary/aromatic N) is 1. The van der Waals surface area contributed by atoms with Gasteiger partial charge >= 0.3 is 5.97 Å². The van der Waals surface area contributed by atoms with Crippen molar-refractivity contribution in [1.29, 1.82) is 0 Å². The normalized spacial score (nSPS) is 16.1. The summed E-state index contributed by atoms with van der Waals surface area (Å²) < 4.78 is 5.42. The fourth-order valence-electron chi connectivity index (χ4n) is 2.39. The molecule has 0 spiro atoms. The van der Waals surface area contributed by atoms with E-state index in [1.54, 1.807) is 6.92 Å². The van der Waals surface area contributed by atoms with Crippen LogP contribution in [0.1, 0.15) is 48.0 Å². The van der Waals surface area contributed by atoms with Gasteiger partial charge in [0.15, 0.2) is 0 Å². The molecule has 0 saturated heterocycles. The topological polar surface area (TPSA) is 69.4 Å². The number of nitro benzene ring substituents is 1. The van der Waals surface area contributed by atoms with Crippen LogP contribution in [0.5, 0.6) is 0 Å². The minimum absolute atomic E-state index is 0.00301. The largest absolute Gasteiger partial charge is 0.459 e. The van der Waals surface area contributed by atoms with E-state index in [0.29, 0.717) is 11.1 Å². The molecule has 0 amide bonds. The number of nitro groups is 1. The van der Waals surface area contributed by atoms with Crippen LogP contribution >= 0.6 is 0 Å². The van der Waals surface area contributed by atoms with E-state index in [-0.39, 0.29) is 17.8 Å². The molecular formula is C14H17NO4. The molecule has 0 aromatic heterocycles. The molecule has 0 atom stereocenters. The number of carbonyl (C=O) groups is 1. The van der Waals surface area contributed by atoms with Crippen LogP contribution in [0.2, 0.25) is 0 Å². The van der Waals surface area contributed by atoms with E-state index < -0.39 is 4.92 Å². The van der Waals surface area contributed by atoms with Gasteiger partial charge in [0.1, 0.15) is 6.10 Å². The Bertz CT molecular complexity index is 492. The van der Waals surface area contributed by atoms with Crippen LogP contribution in [0.3, 0.4) is 0 Å². The van der Waals surface area contributed by atoms with Crippen molar-refractivity contribution in [3.63, 3.8) is 0 Å². The maximum absolute atomic E-state index is 12.0. The first-order valence-electron chi connectivity index (χ1n) is 6.54. The summed E-state index contributed by atoms with van der Waals surface area (Å²) in [5.74, 6) is -0.384. The predicted octanol–water partition coefficient (Wildman–Crippen LogP) is 3.39. The van der Waals surface area contributed by atoms with Crippen LogP contribution in [-0.2, 0) is 4.74 Å². The van der Waals surface area contributed by atoms with Crippen molar-refractivity contribution in [1.82, 2.24) is 0 Å². The van der Waals surface area contributed by atoms with Crippen molar-refractivity contribution in [3.8, 4) is 0 Å². The molecule has 5 heteroatoms. The van der Waals surface area contributed by atoms with Gasteiger partial charge in [0.25, 0.3) is 5.69 Å². The van der Waals surface area contributed by atoms with E-state index >= 15 is 0 Å². The van der Waals surface area contributed by atoms with Gasteiger partial charge in [-0.2, -0.15) is 0 Å². The van der Waals surface area contributed by atoms with E-state index in [1.165, 1.54) is 24.6 Å². The second-order valence-electron chi connectivity index (χ2n) is 4.92. The molecule has 0 heterocycles. The van der Waals surface area contributed by atoms with Gasteiger partial charge in [0.2, 0.25) is 0 Å². The van der Waals surface area contributed by atoms with Gasteiger partial charge in [-0.05, 0) is 44.7 Å². The first-order chi connectivity index (χ1) is 9.08. The number of esters is 1. The fourth-order valence-corrected chi connectivity index (χ4v) is 2.39. The van der Waals surface area contributed by atoms with E-state index in [4.69, 9.17) is 4.74 Å². The Kier molecular flexibility index (Phi) is 4.14. The molecule has 1 aromatic carbocycles. The molecule has 5 nitrogen and oxygen atoms in total. The Hall–Kier alpha value is -1.91. The molecule has 0 aliphatic heterocycles. The summed E-state index contributed by atoms with van der Waals surface area (Å²) >= 11 is 0. The third kappa shape index (κ3) is 3.30. The second kappa shape index (κ2) is 5.82. The van der Waals surface area contributed by atoms with Crippen LogP contribution in [0.25, 0.3) is 0 Å². The smallest absolute Gasteiger partial charge is 0.338 e. The number of ether oxygens (including phenoxy) is 1. The molecule has 1 fully saturated rings. The fraction of sp³-hybridized carbons (Fsp3) is 0.500. The van der Waals surface area contributed by atoms with Crippen molar-refractivity contribution in [2.45, 2.75) is 45.1 Å². The Morgan fingerprint density at radius 2 is 2.00 bits per heavy atom. The van der Waals surface area contributed by atoms with Crippen molar-refractivity contribution >= 4 is 11.7 Å². The Balaban J connectivity index is 2.06. The number of carbonyl (C=O) groups excluding carboxylic acids is 1. The molecule has 102 valence electrons. The molecule has 0 radical (unpaired) electrons. The summed E-state index contributed by atoms with van der Waals surface area (Å²) in [7, 11) is 0. The monoisotopic (exact) mass is 263 g/mol. The average Bonchev–Trinajstić information content (AvgIpc) is 2.39. The lowest BCUT2D eigenvalue weighted by Crippen LogP contribution is -2.21. The molecular weight excluding hydrogens is 246 g/mol. The van der Waals surface area contributed by atoms with E-state index in [2.05, 4.69) is 0 Å². The lowest BCUT2D eigenvalue weighted by molar-refractivity contribution is -0.385. The van der Waals surface area contributed by atoms with Crippen molar-refractivity contribution in [3.05, 3.63) is 39.4 Å². The molecule has 1 aliphatic rings. The molecule has 2 rings (SSSR count). The van der Waals surface area contributed by atoms with Gasteiger partial charge < -0.3 is 4.74 Å². The zero-order valence-corrected chi connectivity index (χ0v) is 10.9. The summed E-state index contributed by atoms with van der Waals surface area (Å²) in [6, 6.07) is 4.33. The second-order valence-corrected chi connectivity index (χ2v) is 4.92. The van der Waals surface area contributed by atoms with Gasteiger partial charge in [-0.15, -0.1) is 0 Å². The first-order valence-corrected chi connectivity index (χ1v) is 6.54. The minimum Gasteiger partial charge on any atom is -0.459 e. The van der Waals surface area contributed by atoms with Crippen molar-refractivity contribution < 1.29 is 14.5 Å². The molecule has 1 aromatic rings. The number of aryl methyl sites for hydroxylation is 1. The van der Waals surface area contributed by atoms with Gasteiger partial charge in [-0.3, -0.25) is 10.1 Å². The maximum atomic E-state index is 12.0. The molecule has 0 unspecified atom stereocenters. The summed E-state index contributed by atoms with van der Waals surface area (Å²) in [5.41, 5.74) is 0.881. The number of hydrogen-bond acceptors (Lipinski definition) is 4. The van der Waals surface area contributed by atoms with Crippen molar-refractivity contribution in [2.24, 2.45) is 0 Å². The first kappa shape index (κ1) is 13.5. The lowest BCUT2D eigenvalue weighted by Gasteiger charge is -2.21. The lowest BCUT2D eigenvalue weighted by atomic mass is 9.98. The quantitative estimate of drug-likeness (QED) is 0.476. The highest BCUT2D eigenvalue weighted by Crippen LogP contribution is 2.23. The number of hydrogen-bond donors (Lipinski definition) is 0. The summed E-state index contributed by atoms with van der Waals surface area (Å²) in [4.78, 5) is 22.2. The van der Waals surface area contributed by atoms with Crippen LogP contribution in [0.15, 0.2) is 18.2 Å². The Labute approximate surface area is 111 Å².